The molecule has 0 aliphatic carbocycles. The molecule has 0 aromatic rings. The Labute approximate surface area is 116 Å². The zero-order valence-corrected chi connectivity index (χ0v) is 12.9. The van der Waals surface area contributed by atoms with Gasteiger partial charge < -0.3 is 9.47 Å². The van der Waals surface area contributed by atoms with E-state index in [9.17, 15) is 9.59 Å². The average Bonchev–Trinajstić information content (AvgIpc) is 2.32. The molecule has 4 nitrogen and oxygen atoms in total. The van der Waals surface area contributed by atoms with E-state index < -0.39 is 17.4 Å². The van der Waals surface area contributed by atoms with Crippen molar-refractivity contribution >= 4 is 34.5 Å². The Bertz CT molecular complexity index is 290. The van der Waals surface area contributed by atoms with E-state index in [-0.39, 0.29) is 0 Å². The summed E-state index contributed by atoms with van der Waals surface area (Å²) in [6.07, 6.45) is 2.59. The molecule has 98 valence electrons. The largest absolute Gasteiger partial charge is 0.468 e. The van der Waals surface area contributed by atoms with Crippen molar-refractivity contribution in [2.45, 2.75) is 26.7 Å². The van der Waals surface area contributed by atoms with Gasteiger partial charge in [0.25, 0.3) is 0 Å². The highest BCUT2D eigenvalue weighted by Crippen LogP contribution is 2.32. The summed E-state index contributed by atoms with van der Waals surface area (Å²) in [6, 6.07) is 0. The van der Waals surface area contributed by atoms with Crippen molar-refractivity contribution in [2.24, 2.45) is 5.41 Å². The van der Waals surface area contributed by atoms with Crippen molar-refractivity contribution in [3.05, 3.63) is 11.6 Å². The Morgan fingerprint density at radius 1 is 1.18 bits per heavy atom. The molecule has 0 atom stereocenters. The van der Waals surface area contributed by atoms with E-state index in [1.54, 1.807) is 0 Å². The van der Waals surface area contributed by atoms with E-state index in [2.05, 4.69) is 22.6 Å². The van der Waals surface area contributed by atoms with Gasteiger partial charge in [-0.2, -0.15) is 0 Å². The van der Waals surface area contributed by atoms with Crippen LogP contribution in [-0.4, -0.2) is 30.6 Å². The first-order chi connectivity index (χ1) is 7.94. The number of hydrogen-bond acceptors (Lipinski definition) is 4. The second kappa shape index (κ2) is 7.68. The van der Waals surface area contributed by atoms with Crippen LogP contribution in [0.25, 0.3) is 0 Å². The Kier molecular flexibility index (Phi) is 7.41. The van der Waals surface area contributed by atoms with Gasteiger partial charge in [0.15, 0.2) is 5.41 Å². The zero-order chi connectivity index (χ0) is 13.5. The maximum atomic E-state index is 11.9. The topological polar surface area (TPSA) is 52.6 Å². The predicted octanol–water partition coefficient (Wildman–Crippen LogP) is 2.50. The lowest BCUT2D eigenvalue weighted by molar-refractivity contribution is -0.169. The van der Waals surface area contributed by atoms with Gasteiger partial charge >= 0.3 is 11.9 Å². The molecule has 0 amide bonds. The number of alkyl halides is 1. The molecule has 5 heteroatoms. The van der Waals surface area contributed by atoms with Crippen LogP contribution in [0.2, 0.25) is 0 Å². The molecular weight excluding hydrogens is 335 g/mol. The van der Waals surface area contributed by atoms with Crippen LogP contribution in [0.1, 0.15) is 26.7 Å². The average molecular weight is 354 g/mol. The quantitative estimate of drug-likeness (QED) is 0.242. The molecule has 0 aromatic carbocycles. The fraction of sp³-hybridized carbons (Fsp3) is 0.667. The Morgan fingerprint density at radius 3 is 1.94 bits per heavy atom. The van der Waals surface area contributed by atoms with Gasteiger partial charge in [-0.1, -0.05) is 34.2 Å². The number of ether oxygens (including phenoxy) is 2. The molecule has 0 aliphatic heterocycles. The number of allylic oxidation sites excluding steroid dienone is 2. The molecule has 0 saturated heterocycles. The first-order valence-corrected chi connectivity index (χ1v) is 6.83. The molecule has 0 unspecified atom stereocenters. The second-order valence-electron chi connectivity index (χ2n) is 3.99. The van der Waals surface area contributed by atoms with Crippen molar-refractivity contribution < 1.29 is 19.1 Å². The maximum Gasteiger partial charge on any atom is 0.323 e. The molecule has 0 saturated carbocycles. The van der Waals surface area contributed by atoms with E-state index in [1.807, 2.05) is 19.9 Å². The van der Waals surface area contributed by atoms with Gasteiger partial charge in [0.1, 0.15) is 0 Å². The van der Waals surface area contributed by atoms with E-state index >= 15 is 0 Å². The van der Waals surface area contributed by atoms with Crippen LogP contribution in [-0.2, 0) is 19.1 Å². The number of methoxy groups -OCH3 is 2. The summed E-state index contributed by atoms with van der Waals surface area (Å²) in [4.78, 5) is 23.8. The lowest BCUT2D eigenvalue weighted by atomic mass is 9.81. The van der Waals surface area contributed by atoms with E-state index in [0.717, 1.165) is 5.57 Å². The SMILES string of the molecule is COC(=O)C(CC=C(C)C)(CCI)C(=O)OC. The monoisotopic (exact) mass is 354 g/mol. The number of carbonyl (C=O) groups is 2. The lowest BCUT2D eigenvalue weighted by Crippen LogP contribution is -2.41. The molecule has 0 radical (unpaired) electrons. The molecule has 0 fully saturated rings. The lowest BCUT2D eigenvalue weighted by Gasteiger charge is -2.26. The van der Waals surface area contributed by atoms with E-state index in [1.165, 1.54) is 14.2 Å². The fourth-order valence-electron chi connectivity index (χ4n) is 1.49. The fourth-order valence-corrected chi connectivity index (χ4v) is 2.41. The summed E-state index contributed by atoms with van der Waals surface area (Å²) in [5, 5.41) is 0. The Hall–Kier alpha value is -0.590. The van der Waals surface area contributed by atoms with E-state index in [0.29, 0.717) is 17.3 Å². The molecule has 0 aliphatic rings. The molecule has 0 N–H and O–H groups in total. The molecule has 0 spiro atoms. The third-order valence-electron chi connectivity index (χ3n) is 2.53. The van der Waals surface area contributed by atoms with Crippen LogP contribution in [0, 0.1) is 5.41 Å². The van der Waals surface area contributed by atoms with Gasteiger partial charge in [-0.15, -0.1) is 0 Å². The molecule has 0 aromatic heterocycles. The predicted molar refractivity (Wildman–Crippen MR) is 74.0 cm³/mol. The van der Waals surface area contributed by atoms with Crippen molar-refractivity contribution in [1.82, 2.24) is 0 Å². The van der Waals surface area contributed by atoms with Crippen LogP contribution >= 0.6 is 22.6 Å². The highest BCUT2D eigenvalue weighted by Gasteiger charge is 2.46. The highest BCUT2D eigenvalue weighted by atomic mass is 127. The van der Waals surface area contributed by atoms with Crippen molar-refractivity contribution in [3.63, 3.8) is 0 Å². The second-order valence-corrected chi connectivity index (χ2v) is 5.07. The maximum absolute atomic E-state index is 11.9. The van der Waals surface area contributed by atoms with Gasteiger partial charge in [0, 0.05) is 4.43 Å². The molecule has 0 heterocycles. The number of esters is 2. The normalized spacial score (nSPS) is 10.6. The van der Waals surface area contributed by atoms with Crippen molar-refractivity contribution in [2.75, 3.05) is 18.6 Å². The van der Waals surface area contributed by atoms with E-state index in [4.69, 9.17) is 9.47 Å². The standard InChI is InChI=1S/C12H19IO4/c1-9(2)5-6-12(7-8-13,10(14)16-3)11(15)17-4/h5H,6-8H2,1-4H3. The summed E-state index contributed by atoms with van der Waals surface area (Å²) in [6.45, 7) is 3.84. The molecule has 0 bridgehead atoms. The number of halogens is 1. The molecular formula is C12H19IO4. The Morgan fingerprint density at radius 2 is 1.65 bits per heavy atom. The third kappa shape index (κ3) is 4.29. The van der Waals surface area contributed by atoms with Gasteiger partial charge in [-0.25, -0.2) is 0 Å². The Balaban J connectivity index is 5.31. The van der Waals surface area contributed by atoms with Gasteiger partial charge in [-0.05, 0) is 26.7 Å². The number of rotatable bonds is 6. The van der Waals surface area contributed by atoms with Crippen molar-refractivity contribution in [1.29, 1.82) is 0 Å². The number of hydrogen-bond donors (Lipinski definition) is 0. The van der Waals surface area contributed by atoms with Crippen molar-refractivity contribution in [3.8, 4) is 0 Å². The first kappa shape index (κ1) is 16.4. The zero-order valence-electron chi connectivity index (χ0n) is 10.7. The van der Waals surface area contributed by atoms with Gasteiger partial charge in [0.05, 0.1) is 14.2 Å². The summed E-state index contributed by atoms with van der Waals surface area (Å²) < 4.78 is 10.2. The van der Waals surface area contributed by atoms with Crippen LogP contribution in [0.15, 0.2) is 11.6 Å². The van der Waals surface area contributed by atoms with Crippen LogP contribution in [0.3, 0.4) is 0 Å². The highest BCUT2D eigenvalue weighted by molar-refractivity contribution is 14.1. The minimum Gasteiger partial charge on any atom is -0.468 e. The van der Waals surface area contributed by atoms with Crippen LogP contribution in [0.4, 0.5) is 0 Å². The van der Waals surface area contributed by atoms with Gasteiger partial charge in [0.2, 0.25) is 0 Å². The third-order valence-corrected chi connectivity index (χ3v) is 3.07. The first-order valence-electron chi connectivity index (χ1n) is 5.30. The van der Waals surface area contributed by atoms with Crippen LogP contribution in [0.5, 0.6) is 0 Å². The van der Waals surface area contributed by atoms with Crippen LogP contribution < -0.4 is 0 Å². The summed E-state index contributed by atoms with van der Waals surface area (Å²) >= 11 is 2.13. The summed E-state index contributed by atoms with van der Waals surface area (Å²) in [5.74, 6) is -1.06. The molecule has 17 heavy (non-hydrogen) atoms. The summed E-state index contributed by atoms with van der Waals surface area (Å²) in [5.41, 5.74) is -0.155. The van der Waals surface area contributed by atoms with Gasteiger partial charge in [-0.3, -0.25) is 9.59 Å². The summed E-state index contributed by atoms with van der Waals surface area (Å²) in [7, 11) is 2.57. The minimum absolute atomic E-state index is 0.317. The minimum atomic E-state index is -1.21. The number of carbonyl (C=O) groups excluding carboxylic acids is 2. The molecule has 0 rings (SSSR count). The smallest absolute Gasteiger partial charge is 0.323 e.